The van der Waals surface area contributed by atoms with Crippen LogP contribution in [0.25, 0.3) is 0 Å². The number of aryl methyl sites for hydroxylation is 1. The topological polar surface area (TPSA) is 85.4 Å². The van der Waals surface area contributed by atoms with Crippen molar-refractivity contribution in [3.63, 3.8) is 0 Å². The number of hydrogen-bond acceptors (Lipinski definition) is 6. The molecule has 152 valence electrons. The number of benzene rings is 1. The summed E-state index contributed by atoms with van der Waals surface area (Å²) >= 11 is 7.29. The van der Waals surface area contributed by atoms with Crippen LogP contribution in [0.1, 0.15) is 36.4 Å². The molecule has 3 rings (SSSR count). The summed E-state index contributed by atoms with van der Waals surface area (Å²) in [6, 6.07) is 6.55. The third-order valence-electron chi connectivity index (χ3n) is 4.91. The summed E-state index contributed by atoms with van der Waals surface area (Å²) in [4.78, 5) is 17.6. The molecule has 0 radical (unpaired) electrons. The number of thiazole rings is 1. The SMILES string of the molecule is Cc1nc(NC(=O)C(CC2CCOCC2)c2ccc(S(C)(=O)=O)cc2)sc1Cl. The zero-order valence-electron chi connectivity index (χ0n) is 15.8. The molecule has 0 spiro atoms. The van der Waals surface area contributed by atoms with E-state index in [4.69, 9.17) is 16.3 Å². The molecule has 2 heterocycles. The quantitative estimate of drug-likeness (QED) is 0.729. The highest BCUT2D eigenvalue weighted by Crippen LogP contribution is 2.33. The van der Waals surface area contributed by atoms with Crippen molar-refractivity contribution in [2.75, 3.05) is 24.8 Å². The maximum Gasteiger partial charge on any atom is 0.233 e. The fraction of sp³-hybridized carbons (Fsp3) is 0.474. The molecule has 1 N–H and O–H groups in total. The molecule has 1 unspecified atom stereocenters. The standard InChI is InChI=1S/C19H23ClN2O4S2/c1-12-17(20)27-19(21-12)22-18(23)16(11-13-7-9-26-10-8-13)14-3-5-15(6-4-14)28(2,24)25/h3-6,13,16H,7-11H2,1-2H3,(H,21,22,23). The number of carbonyl (C=O) groups is 1. The van der Waals surface area contributed by atoms with Crippen LogP contribution in [-0.4, -0.2) is 38.8 Å². The first-order chi connectivity index (χ1) is 13.2. The van der Waals surface area contributed by atoms with E-state index in [2.05, 4.69) is 10.3 Å². The summed E-state index contributed by atoms with van der Waals surface area (Å²) < 4.78 is 29.4. The molecule has 2 aromatic rings. The van der Waals surface area contributed by atoms with E-state index in [-0.39, 0.29) is 10.8 Å². The number of nitrogens with zero attached hydrogens (tertiary/aromatic N) is 1. The average molecular weight is 443 g/mol. The van der Waals surface area contributed by atoms with Crippen LogP contribution in [0.15, 0.2) is 29.2 Å². The van der Waals surface area contributed by atoms with Gasteiger partial charge in [0.05, 0.1) is 16.5 Å². The van der Waals surface area contributed by atoms with Crippen LogP contribution in [0, 0.1) is 12.8 Å². The van der Waals surface area contributed by atoms with Gasteiger partial charge in [0.15, 0.2) is 15.0 Å². The molecule has 0 bridgehead atoms. The first kappa shape index (κ1) is 21.2. The maximum atomic E-state index is 13.1. The Balaban J connectivity index is 1.84. The van der Waals surface area contributed by atoms with E-state index in [0.717, 1.165) is 18.4 Å². The number of carbonyl (C=O) groups excluding carboxylic acids is 1. The molecule has 0 saturated carbocycles. The summed E-state index contributed by atoms with van der Waals surface area (Å²) in [5.41, 5.74) is 1.47. The van der Waals surface area contributed by atoms with Gasteiger partial charge in [0.25, 0.3) is 0 Å². The van der Waals surface area contributed by atoms with Gasteiger partial charge in [-0.1, -0.05) is 35.1 Å². The van der Waals surface area contributed by atoms with Crippen LogP contribution in [0.2, 0.25) is 4.34 Å². The Kier molecular flexibility index (Phi) is 6.75. The summed E-state index contributed by atoms with van der Waals surface area (Å²) in [5.74, 6) is -0.190. The lowest BCUT2D eigenvalue weighted by Crippen LogP contribution is -2.26. The fourth-order valence-electron chi connectivity index (χ4n) is 3.28. The lowest BCUT2D eigenvalue weighted by atomic mass is 9.84. The lowest BCUT2D eigenvalue weighted by Gasteiger charge is -2.26. The van der Waals surface area contributed by atoms with Crippen molar-refractivity contribution in [3.8, 4) is 0 Å². The van der Waals surface area contributed by atoms with Gasteiger partial charge in [0.2, 0.25) is 5.91 Å². The summed E-state index contributed by atoms with van der Waals surface area (Å²) in [5, 5.41) is 3.34. The fourth-order valence-corrected chi connectivity index (χ4v) is 4.87. The van der Waals surface area contributed by atoms with Gasteiger partial charge in [-0.25, -0.2) is 13.4 Å². The Morgan fingerprint density at radius 3 is 2.50 bits per heavy atom. The molecule has 9 heteroatoms. The zero-order chi connectivity index (χ0) is 20.3. The van der Waals surface area contributed by atoms with E-state index in [9.17, 15) is 13.2 Å². The molecule has 1 aromatic heterocycles. The molecule has 1 amide bonds. The van der Waals surface area contributed by atoms with Crippen molar-refractivity contribution in [2.24, 2.45) is 5.92 Å². The smallest absolute Gasteiger partial charge is 0.233 e. The Bertz CT molecular complexity index is 916. The second kappa shape index (κ2) is 8.90. The van der Waals surface area contributed by atoms with E-state index in [1.54, 1.807) is 31.2 Å². The Morgan fingerprint density at radius 1 is 1.32 bits per heavy atom. The van der Waals surface area contributed by atoms with Gasteiger partial charge in [0.1, 0.15) is 4.34 Å². The molecule has 1 atom stereocenters. The summed E-state index contributed by atoms with van der Waals surface area (Å²) in [6.07, 6.45) is 3.66. The predicted molar refractivity (Wildman–Crippen MR) is 111 cm³/mol. The molecule has 1 fully saturated rings. The molecule has 1 saturated heterocycles. The number of amides is 1. The molecular weight excluding hydrogens is 420 g/mol. The number of sulfone groups is 1. The number of anilines is 1. The minimum Gasteiger partial charge on any atom is -0.381 e. The Labute approximate surface area is 174 Å². The van der Waals surface area contributed by atoms with Crippen molar-refractivity contribution in [2.45, 2.75) is 37.0 Å². The normalized spacial score (nSPS) is 16.7. The number of hydrogen-bond donors (Lipinski definition) is 1. The van der Waals surface area contributed by atoms with Crippen molar-refractivity contribution >= 4 is 43.8 Å². The zero-order valence-corrected chi connectivity index (χ0v) is 18.2. The molecule has 0 aliphatic carbocycles. The highest BCUT2D eigenvalue weighted by molar-refractivity contribution is 7.90. The first-order valence-corrected chi connectivity index (χ1v) is 12.1. The van der Waals surface area contributed by atoms with Crippen molar-refractivity contribution in [1.82, 2.24) is 4.98 Å². The average Bonchev–Trinajstić information content (AvgIpc) is 2.97. The van der Waals surface area contributed by atoms with Crippen LogP contribution in [0.4, 0.5) is 5.13 Å². The number of rotatable bonds is 6. The van der Waals surface area contributed by atoms with E-state index >= 15 is 0 Å². The predicted octanol–water partition coefficient (Wildman–Crippen LogP) is 4.05. The Morgan fingerprint density at radius 2 is 1.96 bits per heavy atom. The van der Waals surface area contributed by atoms with E-state index in [0.29, 0.717) is 40.7 Å². The van der Waals surface area contributed by atoms with Gasteiger partial charge in [-0.3, -0.25) is 4.79 Å². The monoisotopic (exact) mass is 442 g/mol. The van der Waals surface area contributed by atoms with Crippen molar-refractivity contribution in [3.05, 3.63) is 39.9 Å². The van der Waals surface area contributed by atoms with Crippen molar-refractivity contribution < 1.29 is 17.9 Å². The van der Waals surface area contributed by atoms with Gasteiger partial charge < -0.3 is 10.1 Å². The number of nitrogens with one attached hydrogen (secondary N) is 1. The van der Waals surface area contributed by atoms with Crippen LogP contribution in [0.5, 0.6) is 0 Å². The third-order valence-corrected chi connectivity index (χ3v) is 7.40. The number of halogens is 1. The number of ether oxygens (including phenoxy) is 1. The van der Waals surface area contributed by atoms with Gasteiger partial charge >= 0.3 is 0 Å². The second-order valence-electron chi connectivity index (χ2n) is 7.05. The lowest BCUT2D eigenvalue weighted by molar-refractivity contribution is -0.118. The maximum absolute atomic E-state index is 13.1. The van der Waals surface area contributed by atoms with Crippen LogP contribution >= 0.6 is 22.9 Å². The van der Waals surface area contributed by atoms with Gasteiger partial charge in [-0.2, -0.15) is 0 Å². The summed E-state index contributed by atoms with van der Waals surface area (Å²) in [6.45, 7) is 3.19. The number of aromatic nitrogens is 1. The van der Waals surface area contributed by atoms with Crippen LogP contribution in [0.3, 0.4) is 0 Å². The highest BCUT2D eigenvalue weighted by atomic mass is 35.5. The molecule has 1 aliphatic heterocycles. The summed E-state index contributed by atoms with van der Waals surface area (Å²) in [7, 11) is -3.28. The van der Waals surface area contributed by atoms with Gasteiger partial charge in [-0.05, 0) is 49.8 Å². The van der Waals surface area contributed by atoms with Gasteiger partial charge in [-0.15, -0.1) is 0 Å². The second-order valence-corrected chi connectivity index (χ2v) is 10.7. The molecular formula is C19H23ClN2O4S2. The minimum absolute atomic E-state index is 0.163. The third kappa shape index (κ3) is 5.31. The van der Waals surface area contributed by atoms with E-state index in [1.807, 2.05) is 0 Å². The van der Waals surface area contributed by atoms with E-state index in [1.165, 1.54) is 17.6 Å². The minimum atomic E-state index is -3.28. The largest absolute Gasteiger partial charge is 0.381 e. The molecule has 28 heavy (non-hydrogen) atoms. The van der Waals surface area contributed by atoms with Crippen molar-refractivity contribution in [1.29, 1.82) is 0 Å². The van der Waals surface area contributed by atoms with Gasteiger partial charge in [0, 0.05) is 19.5 Å². The Hall–Kier alpha value is -1.48. The van der Waals surface area contributed by atoms with Crippen LogP contribution < -0.4 is 5.32 Å². The molecule has 1 aliphatic rings. The highest BCUT2D eigenvalue weighted by Gasteiger charge is 2.27. The first-order valence-electron chi connectivity index (χ1n) is 9.05. The van der Waals surface area contributed by atoms with Crippen LogP contribution in [-0.2, 0) is 19.4 Å². The molecule has 6 nitrogen and oxygen atoms in total. The molecule has 1 aromatic carbocycles. The van der Waals surface area contributed by atoms with E-state index < -0.39 is 15.8 Å².